The van der Waals surface area contributed by atoms with Crippen molar-refractivity contribution in [3.8, 4) is 11.8 Å². The summed E-state index contributed by atoms with van der Waals surface area (Å²) in [5, 5.41) is 20.8. The zero-order valence-corrected chi connectivity index (χ0v) is 17.7. The first-order chi connectivity index (χ1) is 12.9. The molecule has 0 bridgehead atoms. The molecular weight excluding hydrogens is 334 g/mol. The predicted molar refractivity (Wildman–Crippen MR) is 113 cm³/mol. The highest BCUT2D eigenvalue weighted by Crippen LogP contribution is 2.50. The van der Waals surface area contributed by atoms with Crippen LogP contribution in [0.1, 0.15) is 58.8 Å². The first-order valence-corrected chi connectivity index (χ1v) is 10.7. The number of rotatable bonds is 9. The van der Waals surface area contributed by atoms with Crippen LogP contribution in [-0.4, -0.2) is 48.0 Å². The van der Waals surface area contributed by atoms with Gasteiger partial charge >= 0.3 is 0 Å². The van der Waals surface area contributed by atoms with Gasteiger partial charge in [-0.25, -0.2) is 0 Å². The molecule has 3 nitrogen and oxygen atoms in total. The monoisotopic (exact) mass is 373 g/mol. The maximum atomic E-state index is 10.5. The van der Waals surface area contributed by atoms with Gasteiger partial charge in [0.25, 0.3) is 0 Å². The second kappa shape index (κ2) is 11.1. The van der Waals surface area contributed by atoms with Gasteiger partial charge in [-0.1, -0.05) is 30.7 Å². The summed E-state index contributed by atoms with van der Waals surface area (Å²) >= 11 is 0. The molecule has 6 atom stereocenters. The largest absolute Gasteiger partial charge is 0.392 e. The van der Waals surface area contributed by atoms with Gasteiger partial charge in [-0.05, 0) is 83.8 Å². The van der Waals surface area contributed by atoms with E-state index in [0.29, 0.717) is 18.3 Å². The first kappa shape index (κ1) is 22.2. The quantitative estimate of drug-likeness (QED) is 0.364. The highest BCUT2D eigenvalue weighted by molar-refractivity contribution is 5.18. The maximum absolute atomic E-state index is 10.5. The molecule has 3 heteroatoms. The van der Waals surface area contributed by atoms with E-state index >= 15 is 0 Å². The first-order valence-electron chi connectivity index (χ1n) is 10.7. The minimum atomic E-state index is -0.481. The van der Waals surface area contributed by atoms with Crippen molar-refractivity contribution in [3.05, 3.63) is 23.8 Å². The van der Waals surface area contributed by atoms with Crippen molar-refractivity contribution in [3.63, 3.8) is 0 Å². The molecule has 0 amide bonds. The fraction of sp³-hybridized carbons (Fsp3) is 0.750. The molecule has 0 spiro atoms. The molecule has 2 aliphatic rings. The van der Waals surface area contributed by atoms with E-state index in [2.05, 4.69) is 43.0 Å². The molecule has 0 aromatic rings. The van der Waals surface area contributed by atoms with Crippen molar-refractivity contribution < 1.29 is 10.2 Å². The lowest BCUT2D eigenvalue weighted by Gasteiger charge is -2.19. The van der Waals surface area contributed by atoms with E-state index in [4.69, 9.17) is 0 Å². The molecule has 0 aromatic carbocycles. The third kappa shape index (κ3) is 6.79. The second-order valence-corrected chi connectivity index (χ2v) is 8.86. The summed E-state index contributed by atoms with van der Waals surface area (Å²) in [5.41, 5.74) is 1.59. The SMILES string of the molecule is CC#CCC(C)[C@H](O)/C=C/[C@H]1[C@H](O)CC2C/C(=C\CCCCN(C)C)C[C@@H]21. The van der Waals surface area contributed by atoms with Crippen LogP contribution in [0.2, 0.25) is 0 Å². The number of hydrogen-bond donors (Lipinski definition) is 2. The van der Waals surface area contributed by atoms with Crippen LogP contribution in [-0.2, 0) is 0 Å². The van der Waals surface area contributed by atoms with Crippen molar-refractivity contribution in [2.75, 3.05) is 20.6 Å². The van der Waals surface area contributed by atoms with E-state index in [-0.39, 0.29) is 17.9 Å². The predicted octanol–water partition coefficient (Wildman–Crippen LogP) is 4.02. The van der Waals surface area contributed by atoms with Crippen LogP contribution in [0.25, 0.3) is 0 Å². The van der Waals surface area contributed by atoms with E-state index in [0.717, 1.165) is 25.8 Å². The van der Waals surface area contributed by atoms with Crippen LogP contribution in [0.3, 0.4) is 0 Å². The van der Waals surface area contributed by atoms with Gasteiger partial charge in [0, 0.05) is 12.3 Å². The zero-order valence-electron chi connectivity index (χ0n) is 17.7. The zero-order chi connectivity index (χ0) is 19.8. The van der Waals surface area contributed by atoms with Crippen molar-refractivity contribution in [2.45, 2.75) is 71.0 Å². The topological polar surface area (TPSA) is 43.7 Å². The van der Waals surface area contributed by atoms with Gasteiger partial charge < -0.3 is 15.1 Å². The van der Waals surface area contributed by atoms with Gasteiger partial charge in [0.05, 0.1) is 12.2 Å². The summed E-state index contributed by atoms with van der Waals surface area (Å²) in [7, 11) is 4.26. The molecule has 2 rings (SSSR count). The molecule has 0 heterocycles. The van der Waals surface area contributed by atoms with Crippen molar-refractivity contribution in [2.24, 2.45) is 23.7 Å². The van der Waals surface area contributed by atoms with E-state index in [1.54, 1.807) is 5.57 Å². The van der Waals surface area contributed by atoms with Crippen LogP contribution in [0.4, 0.5) is 0 Å². The Morgan fingerprint density at radius 1 is 1.26 bits per heavy atom. The second-order valence-electron chi connectivity index (χ2n) is 8.86. The van der Waals surface area contributed by atoms with Crippen molar-refractivity contribution >= 4 is 0 Å². The van der Waals surface area contributed by atoms with E-state index in [1.807, 2.05) is 19.9 Å². The minimum absolute atomic E-state index is 0.129. The fourth-order valence-corrected chi connectivity index (χ4v) is 4.63. The summed E-state index contributed by atoms with van der Waals surface area (Å²) in [6, 6.07) is 0. The van der Waals surface area contributed by atoms with Gasteiger partial charge in [0.1, 0.15) is 0 Å². The molecule has 152 valence electrons. The number of nitrogens with zero attached hydrogens (tertiary/aromatic N) is 1. The number of hydrogen-bond acceptors (Lipinski definition) is 3. The lowest BCUT2D eigenvalue weighted by atomic mass is 9.89. The third-order valence-electron chi connectivity index (χ3n) is 6.32. The summed E-state index contributed by atoms with van der Waals surface area (Å²) in [4.78, 5) is 2.25. The van der Waals surface area contributed by atoms with Crippen LogP contribution in [0.5, 0.6) is 0 Å². The van der Waals surface area contributed by atoms with Gasteiger partial charge in [-0.15, -0.1) is 11.8 Å². The van der Waals surface area contributed by atoms with Crippen LogP contribution in [0, 0.1) is 35.5 Å². The Kier molecular flexibility index (Phi) is 9.09. The Labute approximate surface area is 166 Å². The Balaban J connectivity index is 1.85. The fourth-order valence-electron chi connectivity index (χ4n) is 4.63. The highest BCUT2D eigenvalue weighted by atomic mass is 16.3. The van der Waals surface area contributed by atoms with Crippen LogP contribution in [0.15, 0.2) is 23.8 Å². The number of unbranched alkanes of at least 4 members (excludes halogenated alkanes) is 2. The summed E-state index contributed by atoms with van der Waals surface area (Å²) in [5.74, 6) is 7.40. The molecule has 0 radical (unpaired) electrons. The van der Waals surface area contributed by atoms with Gasteiger partial charge in [0.15, 0.2) is 0 Å². The Morgan fingerprint density at radius 3 is 2.74 bits per heavy atom. The third-order valence-corrected chi connectivity index (χ3v) is 6.32. The van der Waals surface area contributed by atoms with Gasteiger partial charge in [0.2, 0.25) is 0 Å². The Bertz CT molecular complexity index is 569. The average molecular weight is 374 g/mol. The van der Waals surface area contributed by atoms with Crippen molar-refractivity contribution in [1.29, 1.82) is 0 Å². The smallest absolute Gasteiger partial charge is 0.0755 e. The Morgan fingerprint density at radius 2 is 2.04 bits per heavy atom. The standard InChI is InChI=1S/C24H39NO2/c1-5-6-10-18(2)23(26)13-12-21-22-16-19(15-20(22)17-24(21)27)11-8-7-9-14-25(3)4/h11-13,18,20-24,26-27H,7-10,14-17H2,1-4H3/b13-12+,19-11+/t18?,20?,21-,22+,23-,24-/m1/s1. The number of aliphatic hydroxyl groups excluding tert-OH is 2. The molecule has 2 N–H and O–H groups in total. The van der Waals surface area contributed by atoms with E-state index in [9.17, 15) is 10.2 Å². The average Bonchev–Trinajstić information content (AvgIpc) is 3.13. The maximum Gasteiger partial charge on any atom is 0.0755 e. The number of allylic oxidation sites excluding steroid dienone is 2. The summed E-state index contributed by atoms with van der Waals surface area (Å²) in [6.07, 6.45) is 13.3. The van der Waals surface area contributed by atoms with Gasteiger partial charge in [-0.3, -0.25) is 0 Å². The van der Waals surface area contributed by atoms with E-state index in [1.165, 1.54) is 19.3 Å². The number of fused-ring (bicyclic) bond motifs is 1. The normalized spacial score (nSPS) is 31.3. The molecule has 0 aliphatic heterocycles. The molecule has 0 saturated heterocycles. The van der Waals surface area contributed by atoms with E-state index < -0.39 is 6.10 Å². The van der Waals surface area contributed by atoms with Gasteiger partial charge in [-0.2, -0.15) is 0 Å². The minimum Gasteiger partial charge on any atom is -0.392 e. The molecule has 2 aliphatic carbocycles. The van der Waals surface area contributed by atoms with Crippen LogP contribution >= 0.6 is 0 Å². The lowest BCUT2D eigenvalue weighted by Crippen LogP contribution is -2.19. The molecule has 2 saturated carbocycles. The summed E-state index contributed by atoms with van der Waals surface area (Å²) < 4.78 is 0. The summed E-state index contributed by atoms with van der Waals surface area (Å²) in [6.45, 7) is 5.02. The van der Waals surface area contributed by atoms with Crippen molar-refractivity contribution in [1.82, 2.24) is 4.90 Å². The number of aliphatic hydroxyl groups is 2. The molecule has 2 fully saturated rings. The van der Waals surface area contributed by atoms with Crippen LogP contribution < -0.4 is 0 Å². The lowest BCUT2D eigenvalue weighted by molar-refractivity contribution is 0.137. The molecule has 2 unspecified atom stereocenters. The molecule has 27 heavy (non-hydrogen) atoms. The molecule has 0 aromatic heterocycles. The molecular formula is C24H39NO2. The Hall–Kier alpha value is -1.08. The highest BCUT2D eigenvalue weighted by Gasteiger charge is 2.44.